The summed E-state index contributed by atoms with van der Waals surface area (Å²) < 4.78 is 0. The van der Waals surface area contributed by atoms with Gasteiger partial charge in [0.25, 0.3) is 0 Å². The molecule has 0 saturated heterocycles. The minimum Gasteiger partial charge on any atom is -0.388 e. The van der Waals surface area contributed by atoms with Crippen molar-refractivity contribution in [3.8, 4) is 0 Å². The average molecular weight is 247 g/mol. The van der Waals surface area contributed by atoms with E-state index in [4.69, 9.17) is 0 Å². The SMILES string of the molecule is CCCCCC(C)(O)C1CCc2ccccc2N1. The Labute approximate surface area is 110 Å². The van der Waals surface area contributed by atoms with Gasteiger partial charge in [-0.05, 0) is 37.8 Å². The molecular weight excluding hydrogens is 222 g/mol. The number of para-hydroxylation sites is 1. The number of benzene rings is 1. The first kappa shape index (κ1) is 13.4. The number of fused-ring (bicyclic) bond motifs is 1. The molecule has 100 valence electrons. The van der Waals surface area contributed by atoms with Gasteiger partial charge in [0, 0.05) is 5.69 Å². The molecule has 0 saturated carbocycles. The van der Waals surface area contributed by atoms with Crippen LogP contribution < -0.4 is 5.32 Å². The van der Waals surface area contributed by atoms with Crippen LogP contribution in [-0.4, -0.2) is 16.7 Å². The number of unbranched alkanes of at least 4 members (excludes halogenated alkanes) is 2. The summed E-state index contributed by atoms with van der Waals surface area (Å²) in [5, 5.41) is 14.1. The van der Waals surface area contributed by atoms with Crippen LogP contribution in [-0.2, 0) is 6.42 Å². The second-order valence-corrected chi connectivity index (χ2v) is 5.71. The molecular formula is C16H25NO. The number of aliphatic hydroxyl groups is 1. The standard InChI is InChI=1S/C16H25NO/c1-3-4-7-12-16(2,18)15-11-10-13-8-5-6-9-14(13)17-15/h5-6,8-9,15,17-18H,3-4,7,10-12H2,1-2H3. The summed E-state index contributed by atoms with van der Waals surface area (Å²) in [5.74, 6) is 0. The normalized spacial score (nSPS) is 21.8. The smallest absolute Gasteiger partial charge is 0.0819 e. The van der Waals surface area contributed by atoms with Crippen LogP contribution in [0.1, 0.15) is 51.5 Å². The molecule has 0 radical (unpaired) electrons. The number of anilines is 1. The molecule has 2 unspecified atom stereocenters. The molecule has 0 aliphatic carbocycles. The van der Waals surface area contributed by atoms with E-state index in [-0.39, 0.29) is 6.04 Å². The minimum atomic E-state index is -0.595. The summed E-state index contributed by atoms with van der Waals surface area (Å²) in [5.41, 5.74) is 1.98. The van der Waals surface area contributed by atoms with Crippen molar-refractivity contribution >= 4 is 5.69 Å². The lowest BCUT2D eigenvalue weighted by atomic mass is 9.84. The van der Waals surface area contributed by atoms with Gasteiger partial charge in [0.15, 0.2) is 0 Å². The van der Waals surface area contributed by atoms with Crippen LogP contribution in [0, 0.1) is 0 Å². The lowest BCUT2D eigenvalue weighted by Crippen LogP contribution is -2.46. The first-order valence-electron chi connectivity index (χ1n) is 7.20. The Bertz CT molecular complexity index is 386. The van der Waals surface area contributed by atoms with Crippen molar-refractivity contribution < 1.29 is 5.11 Å². The van der Waals surface area contributed by atoms with E-state index >= 15 is 0 Å². The van der Waals surface area contributed by atoms with Crippen LogP contribution >= 0.6 is 0 Å². The van der Waals surface area contributed by atoms with E-state index in [9.17, 15) is 5.11 Å². The fourth-order valence-corrected chi connectivity index (χ4v) is 2.81. The molecule has 0 aromatic heterocycles. The van der Waals surface area contributed by atoms with Gasteiger partial charge in [-0.1, -0.05) is 44.4 Å². The Balaban J connectivity index is 1.99. The van der Waals surface area contributed by atoms with Crippen LogP contribution in [0.25, 0.3) is 0 Å². The predicted molar refractivity (Wildman–Crippen MR) is 76.9 cm³/mol. The second kappa shape index (κ2) is 5.75. The van der Waals surface area contributed by atoms with Gasteiger partial charge in [-0.15, -0.1) is 0 Å². The third-order valence-corrected chi connectivity index (χ3v) is 4.09. The van der Waals surface area contributed by atoms with E-state index in [0.29, 0.717) is 0 Å². The Hall–Kier alpha value is -1.02. The molecule has 2 rings (SSSR count). The highest BCUT2D eigenvalue weighted by Crippen LogP contribution is 2.31. The maximum atomic E-state index is 10.6. The van der Waals surface area contributed by atoms with Gasteiger partial charge in [-0.2, -0.15) is 0 Å². The molecule has 0 fully saturated rings. The quantitative estimate of drug-likeness (QED) is 0.777. The molecule has 2 nitrogen and oxygen atoms in total. The summed E-state index contributed by atoms with van der Waals surface area (Å²) >= 11 is 0. The maximum absolute atomic E-state index is 10.6. The zero-order chi connectivity index (χ0) is 13.0. The Morgan fingerprint density at radius 2 is 2.11 bits per heavy atom. The van der Waals surface area contributed by atoms with E-state index in [2.05, 4.69) is 36.5 Å². The Morgan fingerprint density at radius 3 is 2.89 bits per heavy atom. The largest absolute Gasteiger partial charge is 0.388 e. The van der Waals surface area contributed by atoms with Crippen molar-refractivity contribution in [2.24, 2.45) is 0 Å². The summed E-state index contributed by atoms with van der Waals surface area (Å²) in [7, 11) is 0. The Kier molecular flexibility index (Phi) is 4.28. The van der Waals surface area contributed by atoms with Crippen molar-refractivity contribution in [1.29, 1.82) is 0 Å². The zero-order valence-corrected chi connectivity index (χ0v) is 11.6. The van der Waals surface area contributed by atoms with Gasteiger partial charge in [0.1, 0.15) is 0 Å². The lowest BCUT2D eigenvalue weighted by Gasteiger charge is -2.38. The van der Waals surface area contributed by atoms with Gasteiger partial charge in [-0.3, -0.25) is 0 Å². The average Bonchev–Trinajstić information content (AvgIpc) is 2.38. The monoisotopic (exact) mass is 247 g/mol. The zero-order valence-electron chi connectivity index (χ0n) is 11.6. The molecule has 2 heteroatoms. The molecule has 2 atom stereocenters. The van der Waals surface area contributed by atoms with Crippen molar-refractivity contribution in [3.05, 3.63) is 29.8 Å². The highest BCUT2D eigenvalue weighted by atomic mass is 16.3. The van der Waals surface area contributed by atoms with Crippen LogP contribution in [0.4, 0.5) is 5.69 Å². The molecule has 1 heterocycles. The molecule has 2 N–H and O–H groups in total. The predicted octanol–water partition coefficient (Wildman–Crippen LogP) is 3.74. The number of hydrogen-bond donors (Lipinski definition) is 2. The van der Waals surface area contributed by atoms with E-state index in [1.807, 2.05) is 6.92 Å². The molecule has 1 aromatic carbocycles. The van der Waals surface area contributed by atoms with E-state index in [1.54, 1.807) is 0 Å². The molecule has 0 amide bonds. The van der Waals surface area contributed by atoms with Gasteiger partial charge in [0.05, 0.1) is 11.6 Å². The summed E-state index contributed by atoms with van der Waals surface area (Å²) in [6, 6.07) is 8.61. The van der Waals surface area contributed by atoms with Gasteiger partial charge >= 0.3 is 0 Å². The summed E-state index contributed by atoms with van der Waals surface area (Å²) in [6.45, 7) is 4.18. The number of nitrogens with one attached hydrogen (secondary N) is 1. The highest BCUT2D eigenvalue weighted by molar-refractivity contribution is 5.54. The van der Waals surface area contributed by atoms with Crippen LogP contribution in [0.2, 0.25) is 0 Å². The molecule has 1 aliphatic rings. The fraction of sp³-hybridized carbons (Fsp3) is 0.625. The minimum absolute atomic E-state index is 0.184. The molecule has 0 spiro atoms. The molecule has 0 bridgehead atoms. The third-order valence-electron chi connectivity index (χ3n) is 4.09. The Morgan fingerprint density at radius 1 is 1.33 bits per heavy atom. The summed E-state index contributed by atoms with van der Waals surface area (Å²) in [6.07, 6.45) is 6.51. The van der Waals surface area contributed by atoms with Crippen molar-refractivity contribution in [2.45, 2.75) is 64.0 Å². The lowest BCUT2D eigenvalue weighted by molar-refractivity contribution is 0.0250. The topological polar surface area (TPSA) is 32.3 Å². The van der Waals surface area contributed by atoms with Gasteiger partial charge in [-0.25, -0.2) is 0 Å². The van der Waals surface area contributed by atoms with E-state index in [0.717, 1.165) is 25.7 Å². The van der Waals surface area contributed by atoms with Crippen LogP contribution in [0.5, 0.6) is 0 Å². The van der Waals surface area contributed by atoms with E-state index in [1.165, 1.54) is 24.1 Å². The number of hydrogen-bond acceptors (Lipinski definition) is 2. The highest BCUT2D eigenvalue weighted by Gasteiger charge is 2.33. The van der Waals surface area contributed by atoms with Crippen molar-refractivity contribution in [3.63, 3.8) is 0 Å². The second-order valence-electron chi connectivity index (χ2n) is 5.71. The number of rotatable bonds is 5. The van der Waals surface area contributed by atoms with Gasteiger partial charge < -0.3 is 10.4 Å². The third kappa shape index (κ3) is 3.05. The molecule has 18 heavy (non-hydrogen) atoms. The first-order valence-corrected chi connectivity index (χ1v) is 7.20. The fourth-order valence-electron chi connectivity index (χ4n) is 2.81. The van der Waals surface area contributed by atoms with Gasteiger partial charge in [0.2, 0.25) is 0 Å². The van der Waals surface area contributed by atoms with Crippen molar-refractivity contribution in [1.82, 2.24) is 0 Å². The first-order chi connectivity index (χ1) is 8.63. The van der Waals surface area contributed by atoms with Crippen molar-refractivity contribution in [2.75, 3.05) is 5.32 Å². The number of aryl methyl sites for hydroxylation is 1. The summed E-state index contributed by atoms with van der Waals surface area (Å²) in [4.78, 5) is 0. The molecule has 1 aliphatic heterocycles. The molecule has 1 aromatic rings. The maximum Gasteiger partial charge on any atom is 0.0819 e. The van der Waals surface area contributed by atoms with Crippen LogP contribution in [0.3, 0.4) is 0 Å². The van der Waals surface area contributed by atoms with E-state index < -0.39 is 5.60 Å². The van der Waals surface area contributed by atoms with Crippen LogP contribution in [0.15, 0.2) is 24.3 Å².